The highest BCUT2D eigenvalue weighted by atomic mass is 19.1. The summed E-state index contributed by atoms with van der Waals surface area (Å²) in [5.41, 5.74) is 3.84. The smallest absolute Gasteiger partial charge is 0.158 e. The molecule has 0 spiro atoms. The van der Waals surface area contributed by atoms with Gasteiger partial charge in [0.05, 0.1) is 0 Å². The lowest BCUT2D eigenvalue weighted by Gasteiger charge is -2.11. The maximum atomic E-state index is 13.2. The van der Waals surface area contributed by atoms with Crippen LogP contribution in [0.4, 0.5) is 10.1 Å². The van der Waals surface area contributed by atoms with Crippen molar-refractivity contribution in [1.29, 1.82) is 0 Å². The second-order valence-electron chi connectivity index (χ2n) is 6.20. The number of allylic oxidation sites excluding steroid dienone is 1. The lowest BCUT2D eigenvalue weighted by molar-refractivity contribution is -0.114. The van der Waals surface area contributed by atoms with E-state index in [1.54, 1.807) is 24.3 Å². The topological polar surface area (TPSA) is 20.3 Å². The molecule has 1 fully saturated rings. The molecule has 0 bridgehead atoms. The predicted octanol–water partition coefficient (Wildman–Crippen LogP) is 5.02. The third-order valence-electron chi connectivity index (χ3n) is 3.99. The van der Waals surface area contributed by atoms with E-state index < -0.39 is 0 Å². The number of carbonyl (C=O) groups is 1. The number of halogens is 1. The van der Waals surface area contributed by atoms with E-state index in [9.17, 15) is 9.18 Å². The molecule has 1 aliphatic carbocycles. The van der Waals surface area contributed by atoms with Crippen LogP contribution in [0.3, 0.4) is 0 Å². The molecule has 2 aromatic rings. The SMILES string of the molecule is Cc1ccc(N(C)C)cc1.O=C1CCCC1=Cc1ccccc1F. The monoisotopic (exact) mass is 325 g/mol. The molecule has 0 saturated heterocycles. The molecule has 1 aliphatic rings. The summed E-state index contributed by atoms with van der Waals surface area (Å²) in [7, 11) is 4.09. The summed E-state index contributed by atoms with van der Waals surface area (Å²) in [6, 6.07) is 15.0. The quantitative estimate of drug-likeness (QED) is 0.722. The van der Waals surface area contributed by atoms with Gasteiger partial charge in [0.1, 0.15) is 5.82 Å². The first-order valence-electron chi connectivity index (χ1n) is 8.19. The first-order chi connectivity index (χ1) is 11.5. The van der Waals surface area contributed by atoms with Crippen molar-refractivity contribution < 1.29 is 9.18 Å². The third-order valence-corrected chi connectivity index (χ3v) is 3.99. The Morgan fingerprint density at radius 1 is 1.00 bits per heavy atom. The number of carbonyl (C=O) groups excluding carboxylic acids is 1. The van der Waals surface area contributed by atoms with Gasteiger partial charge in [-0.3, -0.25) is 4.79 Å². The molecular formula is C21H24FNO. The fourth-order valence-electron chi connectivity index (χ4n) is 2.51. The van der Waals surface area contributed by atoms with Gasteiger partial charge in [0.2, 0.25) is 0 Å². The van der Waals surface area contributed by atoms with Crippen LogP contribution in [0.5, 0.6) is 0 Å². The first kappa shape index (κ1) is 17.9. The van der Waals surface area contributed by atoms with Gasteiger partial charge in [0.15, 0.2) is 5.78 Å². The standard InChI is InChI=1S/C12H11FO.C9H13N/c13-11-6-2-1-4-9(11)8-10-5-3-7-12(10)14;1-8-4-6-9(7-5-8)10(2)3/h1-2,4,6,8H,3,5,7H2;4-7H,1-3H3. The Hall–Kier alpha value is -2.42. The number of anilines is 1. The van der Waals surface area contributed by atoms with E-state index >= 15 is 0 Å². The number of ketones is 1. The summed E-state index contributed by atoms with van der Waals surface area (Å²) in [6.07, 6.45) is 3.97. The van der Waals surface area contributed by atoms with E-state index in [0.717, 1.165) is 18.4 Å². The Balaban J connectivity index is 0.000000185. The molecule has 0 N–H and O–H groups in total. The van der Waals surface area contributed by atoms with Crippen molar-refractivity contribution in [3.8, 4) is 0 Å². The van der Waals surface area contributed by atoms with Crippen molar-refractivity contribution in [3.63, 3.8) is 0 Å². The number of Topliss-reactive ketones (excluding diaryl/α,β-unsaturated/α-hetero) is 1. The molecule has 0 unspecified atom stereocenters. The summed E-state index contributed by atoms with van der Waals surface area (Å²) in [6.45, 7) is 2.10. The van der Waals surface area contributed by atoms with Gasteiger partial charge in [0.25, 0.3) is 0 Å². The number of nitrogens with zero attached hydrogens (tertiary/aromatic N) is 1. The van der Waals surface area contributed by atoms with Crippen LogP contribution in [-0.4, -0.2) is 19.9 Å². The molecule has 2 nitrogen and oxygen atoms in total. The molecule has 0 radical (unpaired) electrons. The number of aryl methyl sites for hydroxylation is 1. The van der Waals surface area contributed by atoms with Gasteiger partial charge < -0.3 is 4.90 Å². The van der Waals surface area contributed by atoms with Crippen LogP contribution in [-0.2, 0) is 4.79 Å². The van der Waals surface area contributed by atoms with Gasteiger partial charge in [-0.25, -0.2) is 4.39 Å². The van der Waals surface area contributed by atoms with E-state index in [-0.39, 0.29) is 11.6 Å². The first-order valence-corrected chi connectivity index (χ1v) is 8.19. The summed E-state index contributed by atoms with van der Waals surface area (Å²) in [5.74, 6) is -0.104. The minimum Gasteiger partial charge on any atom is -0.378 e. The van der Waals surface area contributed by atoms with Crippen molar-refractivity contribution in [1.82, 2.24) is 0 Å². The van der Waals surface area contributed by atoms with Gasteiger partial charge in [0, 0.05) is 31.8 Å². The number of benzene rings is 2. The minimum atomic E-state index is -0.264. The second-order valence-corrected chi connectivity index (χ2v) is 6.20. The highest BCUT2D eigenvalue weighted by Gasteiger charge is 2.16. The van der Waals surface area contributed by atoms with E-state index in [4.69, 9.17) is 0 Å². The lowest BCUT2D eigenvalue weighted by atomic mass is 10.1. The van der Waals surface area contributed by atoms with E-state index in [0.29, 0.717) is 12.0 Å². The van der Waals surface area contributed by atoms with Crippen LogP contribution in [0, 0.1) is 12.7 Å². The van der Waals surface area contributed by atoms with Crippen molar-refractivity contribution in [2.75, 3.05) is 19.0 Å². The average Bonchev–Trinajstić information content (AvgIpc) is 2.96. The van der Waals surface area contributed by atoms with Gasteiger partial charge >= 0.3 is 0 Å². The van der Waals surface area contributed by atoms with Gasteiger partial charge in [-0.2, -0.15) is 0 Å². The predicted molar refractivity (Wildman–Crippen MR) is 98.7 cm³/mol. The summed E-state index contributed by atoms with van der Waals surface area (Å²) < 4.78 is 13.2. The minimum absolute atomic E-state index is 0.160. The van der Waals surface area contributed by atoms with Crippen LogP contribution >= 0.6 is 0 Å². The Kier molecular flexibility index (Phi) is 6.30. The zero-order valence-electron chi connectivity index (χ0n) is 14.6. The van der Waals surface area contributed by atoms with Crippen LogP contribution < -0.4 is 4.90 Å². The van der Waals surface area contributed by atoms with Crippen molar-refractivity contribution >= 4 is 17.5 Å². The maximum absolute atomic E-state index is 13.2. The highest BCUT2D eigenvalue weighted by Crippen LogP contribution is 2.23. The molecule has 0 aromatic heterocycles. The number of hydrogen-bond acceptors (Lipinski definition) is 2. The molecule has 24 heavy (non-hydrogen) atoms. The summed E-state index contributed by atoms with van der Waals surface area (Å²) in [5, 5.41) is 0. The van der Waals surface area contributed by atoms with E-state index in [1.807, 2.05) is 14.1 Å². The molecular weight excluding hydrogens is 301 g/mol. The molecule has 3 rings (SSSR count). The van der Waals surface area contributed by atoms with Crippen molar-refractivity contribution in [3.05, 3.63) is 71.0 Å². The van der Waals surface area contributed by atoms with Crippen LogP contribution in [0.1, 0.15) is 30.4 Å². The molecule has 0 atom stereocenters. The second kappa shape index (κ2) is 8.44. The van der Waals surface area contributed by atoms with Crippen LogP contribution in [0.25, 0.3) is 6.08 Å². The highest BCUT2D eigenvalue weighted by molar-refractivity contribution is 6.01. The third kappa shape index (κ3) is 5.05. The fourth-order valence-corrected chi connectivity index (χ4v) is 2.51. The average molecular weight is 325 g/mol. The van der Waals surface area contributed by atoms with E-state index in [1.165, 1.54) is 17.3 Å². The zero-order valence-corrected chi connectivity index (χ0v) is 14.6. The molecule has 1 saturated carbocycles. The van der Waals surface area contributed by atoms with Crippen molar-refractivity contribution in [2.45, 2.75) is 26.2 Å². The Morgan fingerprint density at radius 2 is 1.67 bits per heavy atom. The van der Waals surface area contributed by atoms with Gasteiger partial charge in [-0.05, 0) is 49.6 Å². The molecule has 0 amide bonds. The normalized spacial score (nSPS) is 15.2. The molecule has 0 heterocycles. The number of rotatable bonds is 2. The zero-order chi connectivity index (χ0) is 17.5. The molecule has 2 aromatic carbocycles. The van der Waals surface area contributed by atoms with Gasteiger partial charge in [-0.1, -0.05) is 35.9 Å². The molecule has 0 aliphatic heterocycles. The van der Waals surface area contributed by atoms with E-state index in [2.05, 4.69) is 36.1 Å². The summed E-state index contributed by atoms with van der Waals surface area (Å²) in [4.78, 5) is 13.4. The number of hydrogen-bond donors (Lipinski definition) is 0. The van der Waals surface area contributed by atoms with Crippen LogP contribution in [0.15, 0.2) is 54.1 Å². The molecule has 126 valence electrons. The Bertz CT molecular complexity index is 717. The largest absolute Gasteiger partial charge is 0.378 e. The fraction of sp³-hybridized carbons (Fsp3) is 0.286. The van der Waals surface area contributed by atoms with Crippen molar-refractivity contribution in [2.24, 2.45) is 0 Å². The molecule has 3 heteroatoms. The van der Waals surface area contributed by atoms with Crippen LogP contribution in [0.2, 0.25) is 0 Å². The Labute approximate surface area is 143 Å². The lowest BCUT2D eigenvalue weighted by Crippen LogP contribution is -2.07. The maximum Gasteiger partial charge on any atom is 0.158 e. The summed E-state index contributed by atoms with van der Waals surface area (Å²) >= 11 is 0. The Morgan fingerprint density at radius 3 is 2.21 bits per heavy atom. The van der Waals surface area contributed by atoms with Gasteiger partial charge in [-0.15, -0.1) is 0 Å².